The summed E-state index contributed by atoms with van der Waals surface area (Å²) in [4.78, 5) is 23.7. The summed E-state index contributed by atoms with van der Waals surface area (Å²) in [5.41, 5.74) is 2.88. The van der Waals surface area contributed by atoms with Crippen molar-refractivity contribution in [1.29, 1.82) is 5.26 Å². The zero-order chi connectivity index (χ0) is 17.5. The third-order valence-electron chi connectivity index (χ3n) is 3.39. The summed E-state index contributed by atoms with van der Waals surface area (Å²) in [6.07, 6.45) is 1.48. The lowest BCUT2D eigenvalue weighted by Crippen LogP contribution is -2.17. The van der Waals surface area contributed by atoms with E-state index < -0.39 is 5.91 Å². The van der Waals surface area contributed by atoms with Crippen LogP contribution in [0.25, 0.3) is 6.08 Å². The number of anilines is 1. The van der Waals surface area contributed by atoms with Gasteiger partial charge in [0.2, 0.25) is 0 Å². The van der Waals surface area contributed by atoms with Crippen molar-refractivity contribution in [2.24, 2.45) is 0 Å². The van der Waals surface area contributed by atoms with Crippen LogP contribution in [0.3, 0.4) is 0 Å². The lowest BCUT2D eigenvalue weighted by atomic mass is 10.1. The molecule has 0 heterocycles. The Hall–Kier alpha value is -3.39. The first-order valence-corrected chi connectivity index (χ1v) is 7.35. The third kappa shape index (κ3) is 4.31. The summed E-state index contributed by atoms with van der Waals surface area (Å²) >= 11 is 0. The summed E-state index contributed by atoms with van der Waals surface area (Å²) in [5.74, 6) is -0.667. The molecule has 0 radical (unpaired) electrons. The van der Waals surface area contributed by atoms with Crippen LogP contribution in [0.15, 0.2) is 54.1 Å². The summed E-state index contributed by atoms with van der Waals surface area (Å²) in [6, 6.07) is 15.8. The second kappa shape index (κ2) is 7.75. The molecule has 0 atom stereocenters. The zero-order valence-electron chi connectivity index (χ0n) is 13.5. The lowest BCUT2D eigenvalue weighted by Gasteiger charge is -2.05. The van der Waals surface area contributed by atoms with Crippen LogP contribution in [0.1, 0.15) is 21.5 Å². The lowest BCUT2D eigenvalue weighted by molar-refractivity contribution is -0.112. The molecule has 0 aromatic heterocycles. The second-order valence-corrected chi connectivity index (χ2v) is 5.19. The number of carbonyl (C=O) groups excluding carboxylic acids is 2. The highest BCUT2D eigenvalue weighted by Gasteiger charge is 2.10. The van der Waals surface area contributed by atoms with Gasteiger partial charge in [0.1, 0.15) is 11.6 Å². The van der Waals surface area contributed by atoms with Gasteiger partial charge in [0.15, 0.2) is 0 Å². The Balaban J connectivity index is 2.16. The molecule has 2 aromatic rings. The third-order valence-corrected chi connectivity index (χ3v) is 3.39. The predicted octanol–water partition coefficient (Wildman–Crippen LogP) is 2.90. The molecule has 0 saturated carbocycles. The Morgan fingerprint density at radius 3 is 2.21 bits per heavy atom. The Labute approximate surface area is 140 Å². The van der Waals surface area contributed by atoms with Crippen LogP contribution in [0.5, 0.6) is 0 Å². The van der Waals surface area contributed by atoms with Crippen LogP contribution in [0.2, 0.25) is 0 Å². The maximum atomic E-state index is 12.2. The zero-order valence-corrected chi connectivity index (χ0v) is 13.5. The molecule has 2 rings (SSSR count). The van der Waals surface area contributed by atoms with E-state index in [-0.39, 0.29) is 11.5 Å². The fraction of sp³-hybridized carbons (Fsp3) is 0.105. The number of rotatable bonds is 4. The molecular formula is C19H17N3O2. The number of nitrogens with zero attached hydrogens (tertiary/aromatic N) is 1. The van der Waals surface area contributed by atoms with Crippen LogP contribution in [-0.2, 0) is 4.79 Å². The minimum Gasteiger partial charge on any atom is -0.355 e. The Bertz CT molecular complexity index is 813. The quantitative estimate of drug-likeness (QED) is 0.671. The van der Waals surface area contributed by atoms with E-state index in [2.05, 4.69) is 10.6 Å². The molecule has 120 valence electrons. The van der Waals surface area contributed by atoms with Gasteiger partial charge in [0, 0.05) is 18.3 Å². The number of hydrogen-bond acceptors (Lipinski definition) is 3. The summed E-state index contributed by atoms with van der Waals surface area (Å²) < 4.78 is 0. The molecule has 24 heavy (non-hydrogen) atoms. The van der Waals surface area contributed by atoms with E-state index in [0.29, 0.717) is 16.8 Å². The summed E-state index contributed by atoms with van der Waals surface area (Å²) in [5, 5.41) is 14.4. The fourth-order valence-corrected chi connectivity index (χ4v) is 2.03. The van der Waals surface area contributed by atoms with Gasteiger partial charge in [-0.05, 0) is 42.8 Å². The van der Waals surface area contributed by atoms with Gasteiger partial charge in [-0.2, -0.15) is 5.26 Å². The Kier molecular flexibility index (Phi) is 5.48. The number of hydrogen-bond donors (Lipinski definition) is 2. The topological polar surface area (TPSA) is 82.0 Å². The van der Waals surface area contributed by atoms with Gasteiger partial charge in [0.05, 0.1) is 0 Å². The fourth-order valence-electron chi connectivity index (χ4n) is 2.03. The molecule has 2 aromatic carbocycles. The van der Waals surface area contributed by atoms with E-state index in [1.54, 1.807) is 43.4 Å². The van der Waals surface area contributed by atoms with Gasteiger partial charge in [-0.15, -0.1) is 0 Å². The van der Waals surface area contributed by atoms with Gasteiger partial charge in [-0.25, -0.2) is 0 Å². The molecule has 0 aliphatic carbocycles. The number of nitrogens with one attached hydrogen (secondary N) is 2. The van der Waals surface area contributed by atoms with Crippen LogP contribution in [0.4, 0.5) is 5.69 Å². The average molecular weight is 319 g/mol. The molecule has 0 fully saturated rings. The average Bonchev–Trinajstić information content (AvgIpc) is 2.61. The summed E-state index contributed by atoms with van der Waals surface area (Å²) in [6.45, 7) is 1.95. The summed E-state index contributed by atoms with van der Waals surface area (Å²) in [7, 11) is 1.55. The molecule has 2 N–H and O–H groups in total. The van der Waals surface area contributed by atoms with Crippen LogP contribution in [0, 0.1) is 18.3 Å². The second-order valence-electron chi connectivity index (χ2n) is 5.19. The number of nitriles is 1. The van der Waals surface area contributed by atoms with Crippen molar-refractivity contribution in [2.45, 2.75) is 6.92 Å². The SMILES string of the molecule is CNC(=O)c1ccc(/C=C(/C#N)C(=O)Nc2ccc(C)cc2)cc1. The van der Waals surface area contributed by atoms with E-state index in [9.17, 15) is 14.9 Å². The predicted molar refractivity (Wildman–Crippen MR) is 93.2 cm³/mol. The van der Waals surface area contributed by atoms with E-state index >= 15 is 0 Å². The molecule has 5 nitrogen and oxygen atoms in total. The number of aryl methyl sites for hydroxylation is 1. The van der Waals surface area contributed by atoms with E-state index in [4.69, 9.17) is 0 Å². The number of carbonyl (C=O) groups is 2. The van der Waals surface area contributed by atoms with E-state index in [1.165, 1.54) is 6.08 Å². The maximum absolute atomic E-state index is 12.2. The Morgan fingerprint density at radius 2 is 1.67 bits per heavy atom. The van der Waals surface area contributed by atoms with Crippen LogP contribution >= 0.6 is 0 Å². The van der Waals surface area contributed by atoms with Gasteiger partial charge < -0.3 is 10.6 Å². The smallest absolute Gasteiger partial charge is 0.266 e. The van der Waals surface area contributed by atoms with Crippen LogP contribution in [-0.4, -0.2) is 18.9 Å². The molecule has 2 amide bonds. The molecular weight excluding hydrogens is 302 g/mol. The van der Waals surface area contributed by atoms with Crippen molar-refractivity contribution in [2.75, 3.05) is 12.4 Å². The number of amides is 2. The minimum atomic E-state index is -0.475. The monoisotopic (exact) mass is 319 g/mol. The molecule has 0 spiro atoms. The molecule has 0 aliphatic heterocycles. The van der Waals surface area contributed by atoms with Crippen molar-refractivity contribution in [3.8, 4) is 6.07 Å². The van der Waals surface area contributed by atoms with E-state index in [1.807, 2.05) is 25.1 Å². The minimum absolute atomic E-state index is 0.0109. The highest BCUT2D eigenvalue weighted by atomic mass is 16.2. The molecule has 5 heteroatoms. The van der Waals surface area contributed by atoms with Gasteiger partial charge in [-0.1, -0.05) is 29.8 Å². The highest BCUT2D eigenvalue weighted by Crippen LogP contribution is 2.13. The first-order valence-electron chi connectivity index (χ1n) is 7.35. The van der Waals surface area contributed by atoms with Gasteiger partial charge in [0.25, 0.3) is 11.8 Å². The first kappa shape index (κ1) is 17.0. The van der Waals surface area contributed by atoms with Gasteiger partial charge in [-0.3, -0.25) is 9.59 Å². The molecule has 0 unspecified atom stereocenters. The normalized spacial score (nSPS) is 10.6. The molecule has 0 aliphatic rings. The van der Waals surface area contributed by atoms with Crippen molar-refractivity contribution in [1.82, 2.24) is 5.32 Å². The first-order chi connectivity index (χ1) is 11.5. The largest absolute Gasteiger partial charge is 0.355 e. The van der Waals surface area contributed by atoms with Gasteiger partial charge >= 0.3 is 0 Å². The van der Waals surface area contributed by atoms with Crippen LogP contribution < -0.4 is 10.6 Å². The van der Waals surface area contributed by atoms with Crippen molar-refractivity contribution >= 4 is 23.6 Å². The van der Waals surface area contributed by atoms with Crippen molar-refractivity contribution in [3.63, 3.8) is 0 Å². The van der Waals surface area contributed by atoms with E-state index in [0.717, 1.165) is 5.56 Å². The standard InChI is InChI=1S/C19H17N3O2/c1-13-3-9-17(10-4-13)22-19(24)16(12-20)11-14-5-7-15(8-6-14)18(23)21-2/h3-11H,1-2H3,(H,21,23)(H,22,24)/b16-11-. The number of benzene rings is 2. The Morgan fingerprint density at radius 1 is 1.04 bits per heavy atom. The maximum Gasteiger partial charge on any atom is 0.266 e. The van der Waals surface area contributed by atoms with Crippen molar-refractivity contribution < 1.29 is 9.59 Å². The highest BCUT2D eigenvalue weighted by molar-refractivity contribution is 6.09. The molecule has 0 bridgehead atoms. The molecule has 0 saturated heterocycles. The van der Waals surface area contributed by atoms with Crippen molar-refractivity contribution in [3.05, 3.63) is 70.8 Å².